The lowest BCUT2D eigenvalue weighted by Gasteiger charge is -2.32. The molecule has 0 heterocycles. The number of amides is 2. The van der Waals surface area contributed by atoms with E-state index in [0.29, 0.717) is 32.4 Å². The van der Waals surface area contributed by atoms with Crippen molar-refractivity contribution in [2.45, 2.75) is 51.6 Å². The van der Waals surface area contributed by atoms with E-state index in [9.17, 15) is 9.59 Å². The minimum Gasteiger partial charge on any atom is -0.354 e. The molecular formula is C33H35BrN2O2. The van der Waals surface area contributed by atoms with Gasteiger partial charge in [0.1, 0.15) is 6.04 Å². The van der Waals surface area contributed by atoms with Gasteiger partial charge in [0.2, 0.25) is 11.8 Å². The molecule has 4 rings (SSSR count). The van der Waals surface area contributed by atoms with Crippen molar-refractivity contribution in [3.63, 3.8) is 0 Å². The molecule has 4 aromatic rings. The molecule has 4 aromatic carbocycles. The van der Waals surface area contributed by atoms with Gasteiger partial charge >= 0.3 is 0 Å². The van der Waals surface area contributed by atoms with Gasteiger partial charge < -0.3 is 10.2 Å². The molecule has 0 unspecified atom stereocenters. The van der Waals surface area contributed by atoms with Crippen LogP contribution in [0.3, 0.4) is 0 Å². The minimum atomic E-state index is -0.599. The van der Waals surface area contributed by atoms with Crippen molar-refractivity contribution in [1.29, 1.82) is 0 Å². The number of carbonyl (C=O) groups is 2. The van der Waals surface area contributed by atoms with E-state index in [2.05, 4.69) is 52.4 Å². The number of fused-ring (bicyclic) bond motifs is 1. The topological polar surface area (TPSA) is 49.4 Å². The summed E-state index contributed by atoms with van der Waals surface area (Å²) >= 11 is 3.50. The fraction of sp³-hybridized carbons (Fsp3) is 0.273. The number of unbranched alkanes of at least 4 members (excludes halogenated alkanes) is 1. The third-order valence-electron chi connectivity index (χ3n) is 6.85. The van der Waals surface area contributed by atoms with Crippen molar-refractivity contribution in [2.75, 3.05) is 6.54 Å². The van der Waals surface area contributed by atoms with Crippen LogP contribution in [-0.4, -0.2) is 29.3 Å². The number of nitrogens with zero attached hydrogens (tertiary/aromatic N) is 1. The van der Waals surface area contributed by atoms with E-state index in [1.807, 2.05) is 72.8 Å². The number of rotatable bonds is 12. The summed E-state index contributed by atoms with van der Waals surface area (Å²) in [5, 5.41) is 5.43. The fourth-order valence-corrected chi connectivity index (χ4v) is 5.01. The van der Waals surface area contributed by atoms with Crippen molar-refractivity contribution in [1.82, 2.24) is 10.2 Å². The summed E-state index contributed by atoms with van der Waals surface area (Å²) in [7, 11) is 0. The van der Waals surface area contributed by atoms with E-state index >= 15 is 0 Å². The third-order valence-corrected chi connectivity index (χ3v) is 7.38. The van der Waals surface area contributed by atoms with E-state index < -0.39 is 6.04 Å². The second kappa shape index (κ2) is 13.9. The molecule has 4 nitrogen and oxygen atoms in total. The molecule has 1 atom stereocenters. The Labute approximate surface area is 234 Å². The van der Waals surface area contributed by atoms with Crippen LogP contribution < -0.4 is 5.32 Å². The Balaban J connectivity index is 1.62. The lowest BCUT2D eigenvalue weighted by molar-refractivity contribution is -0.141. The lowest BCUT2D eigenvalue weighted by Crippen LogP contribution is -2.50. The SMILES string of the molecule is CCCCNC(=O)[C@@H](Cc1ccccc1)N(Cc1ccc(Br)cc1)C(=O)CCc1cccc2ccccc12. The molecule has 0 spiro atoms. The monoisotopic (exact) mass is 570 g/mol. The summed E-state index contributed by atoms with van der Waals surface area (Å²) < 4.78 is 0.980. The summed E-state index contributed by atoms with van der Waals surface area (Å²) in [4.78, 5) is 29.3. The molecule has 1 N–H and O–H groups in total. The highest BCUT2D eigenvalue weighted by Gasteiger charge is 2.30. The second-order valence-electron chi connectivity index (χ2n) is 9.64. The highest BCUT2D eigenvalue weighted by molar-refractivity contribution is 9.10. The van der Waals surface area contributed by atoms with Gasteiger partial charge in [-0.15, -0.1) is 0 Å². The molecule has 0 radical (unpaired) electrons. The molecule has 0 aliphatic carbocycles. The molecule has 38 heavy (non-hydrogen) atoms. The number of hydrogen-bond acceptors (Lipinski definition) is 2. The smallest absolute Gasteiger partial charge is 0.243 e. The fourth-order valence-electron chi connectivity index (χ4n) is 4.74. The summed E-state index contributed by atoms with van der Waals surface area (Å²) in [6.45, 7) is 3.08. The number of carbonyl (C=O) groups excluding carboxylic acids is 2. The largest absolute Gasteiger partial charge is 0.354 e. The summed E-state index contributed by atoms with van der Waals surface area (Å²) in [5.41, 5.74) is 3.17. The molecular weight excluding hydrogens is 536 g/mol. The number of halogens is 1. The summed E-state index contributed by atoms with van der Waals surface area (Å²) in [6, 6.07) is 31.8. The Morgan fingerprint density at radius 2 is 1.55 bits per heavy atom. The molecule has 0 aromatic heterocycles. The van der Waals surface area contributed by atoms with Crippen LogP contribution in [-0.2, 0) is 29.0 Å². The van der Waals surface area contributed by atoms with Gasteiger partial charge in [0.05, 0.1) is 0 Å². The Kier molecular flexibility index (Phi) is 10.1. The number of benzene rings is 4. The van der Waals surface area contributed by atoms with Gasteiger partial charge in [-0.3, -0.25) is 9.59 Å². The first-order valence-corrected chi connectivity index (χ1v) is 14.2. The van der Waals surface area contributed by atoms with Crippen molar-refractivity contribution in [3.05, 3.63) is 118 Å². The quantitative estimate of drug-likeness (QED) is 0.185. The first-order valence-electron chi connectivity index (χ1n) is 13.4. The van der Waals surface area contributed by atoms with Crippen LogP contribution in [0.5, 0.6) is 0 Å². The normalized spacial score (nSPS) is 11.7. The Morgan fingerprint density at radius 1 is 0.842 bits per heavy atom. The number of nitrogens with one attached hydrogen (secondary N) is 1. The second-order valence-corrected chi connectivity index (χ2v) is 10.6. The molecule has 196 valence electrons. The van der Waals surface area contributed by atoms with Gasteiger partial charge in [-0.05, 0) is 52.4 Å². The van der Waals surface area contributed by atoms with Crippen LogP contribution in [0, 0.1) is 0 Å². The number of aryl methyl sites for hydroxylation is 1. The predicted molar refractivity (Wildman–Crippen MR) is 159 cm³/mol. The molecule has 2 amide bonds. The Morgan fingerprint density at radius 3 is 2.32 bits per heavy atom. The summed E-state index contributed by atoms with van der Waals surface area (Å²) in [6.07, 6.45) is 3.32. The average molecular weight is 572 g/mol. The highest BCUT2D eigenvalue weighted by atomic mass is 79.9. The maximum Gasteiger partial charge on any atom is 0.243 e. The predicted octanol–water partition coefficient (Wildman–Crippen LogP) is 7.09. The zero-order valence-corrected chi connectivity index (χ0v) is 23.5. The van der Waals surface area contributed by atoms with Gasteiger partial charge in [-0.2, -0.15) is 0 Å². The maximum atomic E-state index is 13.9. The standard InChI is InChI=1S/C33H35BrN2O2/c1-2-3-22-35-33(38)31(23-25-10-5-4-6-11-25)36(24-26-16-19-29(34)20-17-26)32(37)21-18-28-14-9-13-27-12-7-8-15-30(27)28/h4-17,19-20,31H,2-3,18,21-24H2,1H3,(H,35,38)/t31-/m1/s1. The minimum absolute atomic E-state index is 0.0209. The molecule has 0 aliphatic rings. The summed E-state index contributed by atoms with van der Waals surface area (Å²) in [5.74, 6) is -0.120. The molecule has 0 saturated carbocycles. The maximum absolute atomic E-state index is 13.9. The van der Waals surface area contributed by atoms with Crippen molar-refractivity contribution < 1.29 is 9.59 Å². The molecule has 0 bridgehead atoms. The van der Waals surface area contributed by atoms with Crippen LogP contribution in [0.1, 0.15) is 42.9 Å². The Hall–Kier alpha value is -3.44. The molecule has 5 heteroatoms. The van der Waals surface area contributed by atoms with Gasteiger partial charge in [0.15, 0.2) is 0 Å². The lowest BCUT2D eigenvalue weighted by atomic mass is 9.99. The van der Waals surface area contributed by atoms with Gasteiger partial charge in [0.25, 0.3) is 0 Å². The molecule has 0 saturated heterocycles. The average Bonchev–Trinajstić information content (AvgIpc) is 2.95. The zero-order valence-electron chi connectivity index (χ0n) is 21.9. The first kappa shape index (κ1) is 27.6. The van der Waals surface area contributed by atoms with E-state index in [1.165, 1.54) is 10.8 Å². The third kappa shape index (κ3) is 7.55. The molecule has 0 aliphatic heterocycles. The van der Waals surface area contributed by atoms with Crippen molar-refractivity contribution >= 4 is 38.5 Å². The van der Waals surface area contributed by atoms with Crippen LogP contribution in [0.2, 0.25) is 0 Å². The van der Waals surface area contributed by atoms with E-state index in [4.69, 9.17) is 0 Å². The van der Waals surface area contributed by atoms with E-state index in [0.717, 1.165) is 34.0 Å². The van der Waals surface area contributed by atoms with Crippen molar-refractivity contribution in [2.24, 2.45) is 0 Å². The van der Waals surface area contributed by atoms with Gasteiger partial charge in [-0.1, -0.05) is 114 Å². The highest BCUT2D eigenvalue weighted by Crippen LogP contribution is 2.22. The zero-order chi connectivity index (χ0) is 26.7. The van der Waals surface area contributed by atoms with Gasteiger partial charge in [0, 0.05) is 30.4 Å². The van der Waals surface area contributed by atoms with E-state index in [-0.39, 0.29) is 11.8 Å². The van der Waals surface area contributed by atoms with Crippen LogP contribution in [0.25, 0.3) is 10.8 Å². The van der Waals surface area contributed by atoms with Crippen LogP contribution >= 0.6 is 15.9 Å². The molecule has 0 fully saturated rings. The van der Waals surface area contributed by atoms with Crippen molar-refractivity contribution in [3.8, 4) is 0 Å². The number of hydrogen-bond donors (Lipinski definition) is 1. The van der Waals surface area contributed by atoms with Crippen LogP contribution in [0.4, 0.5) is 0 Å². The Bertz CT molecular complexity index is 1330. The van der Waals surface area contributed by atoms with Gasteiger partial charge in [-0.25, -0.2) is 0 Å². The first-order chi connectivity index (χ1) is 18.5. The van der Waals surface area contributed by atoms with Crippen LogP contribution in [0.15, 0.2) is 102 Å². The van der Waals surface area contributed by atoms with E-state index in [1.54, 1.807) is 4.90 Å².